The minimum atomic E-state index is -2.18. The highest BCUT2D eigenvalue weighted by Crippen LogP contribution is 2.07. The Bertz CT molecular complexity index is 349. The molecule has 0 spiro atoms. The van der Waals surface area contributed by atoms with Gasteiger partial charge in [-0.3, -0.25) is 4.79 Å². The minimum absolute atomic E-state index is 0.00407. The summed E-state index contributed by atoms with van der Waals surface area (Å²) >= 11 is 0. The zero-order valence-electron chi connectivity index (χ0n) is 7.08. The van der Waals surface area contributed by atoms with E-state index in [-0.39, 0.29) is 11.1 Å². The maximum Gasteiger partial charge on any atom is 0.709 e. The molecule has 0 amide bonds. The van der Waals surface area contributed by atoms with E-state index in [2.05, 4.69) is 4.65 Å². The minimum Gasteiger partial charge on any atom is -0.481 e. The van der Waals surface area contributed by atoms with Gasteiger partial charge in [-0.15, -0.1) is 0 Å². The van der Waals surface area contributed by atoms with Gasteiger partial charge in [0.1, 0.15) is 0 Å². The van der Waals surface area contributed by atoms with Crippen LogP contribution in [-0.4, -0.2) is 29.6 Å². The summed E-state index contributed by atoms with van der Waals surface area (Å²) < 4.78 is 4.09. The fourth-order valence-electron chi connectivity index (χ4n) is 0.945. The van der Waals surface area contributed by atoms with Crippen molar-refractivity contribution < 1.29 is 24.3 Å². The van der Waals surface area contributed by atoms with Crippen LogP contribution >= 0.6 is 0 Å². The first-order valence-corrected chi connectivity index (χ1v) is 3.76. The molecule has 0 aliphatic carbocycles. The van der Waals surface area contributed by atoms with E-state index < -0.39 is 13.3 Å². The summed E-state index contributed by atoms with van der Waals surface area (Å²) in [7, 11) is -2.18. The molecule has 0 heterocycles. The summed E-state index contributed by atoms with van der Waals surface area (Å²) in [4.78, 5) is 21.6. The normalized spacial score (nSPS) is 9.29. The van der Waals surface area contributed by atoms with Gasteiger partial charge in [-0.1, -0.05) is 18.2 Å². The first-order valence-electron chi connectivity index (χ1n) is 3.76. The number of aldehydes is 1. The number of carbonyl (C=O) groups excluding carboxylic acids is 2. The summed E-state index contributed by atoms with van der Waals surface area (Å²) in [6.45, 7) is 0. The lowest BCUT2D eigenvalue weighted by Gasteiger charge is -2.04. The molecule has 1 aromatic carbocycles. The Kier molecular flexibility index (Phi) is 3.38. The number of carbonyl (C=O) groups is 2. The van der Waals surface area contributed by atoms with Crippen LogP contribution < -0.4 is 0 Å². The van der Waals surface area contributed by atoms with Gasteiger partial charge in [-0.25, -0.2) is 4.79 Å². The van der Waals surface area contributed by atoms with Crippen LogP contribution in [0.15, 0.2) is 24.3 Å². The van der Waals surface area contributed by atoms with E-state index in [1.165, 1.54) is 18.2 Å². The van der Waals surface area contributed by atoms with E-state index in [0.29, 0.717) is 6.29 Å². The van der Waals surface area contributed by atoms with Crippen molar-refractivity contribution in [1.29, 1.82) is 0 Å². The highest BCUT2D eigenvalue weighted by atomic mass is 16.6. The summed E-state index contributed by atoms with van der Waals surface area (Å²) in [6.07, 6.45) is 0.486. The van der Waals surface area contributed by atoms with Crippen LogP contribution in [0, 0.1) is 0 Å². The molecule has 2 N–H and O–H groups in total. The fourth-order valence-corrected chi connectivity index (χ4v) is 0.945. The van der Waals surface area contributed by atoms with Gasteiger partial charge in [0.05, 0.1) is 5.56 Å². The number of hydrogen-bond donors (Lipinski definition) is 2. The monoisotopic (exact) mass is 194 g/mol. The molecule has 1 rings (SSSR count). The molecule has 72 valence electrons. The van der Waals surface area contributed by atoms with Gasteiger partial charge in [0.15, 0.2) is 6.29 Å². The fraction of sp³-hybridized carbons (Fsp3) is 0. The highest BCUT2D eigenvalue weighted by Gasteiger charge is 2.19. The molecule has 6 heteroatoms. The van der Waals surface area contributed by atoms with E-state index in [1.807, 2.05) is 0 Å². The van der Waals surface area contributed by atoms with Crippen molar-refractivity contribution in [2.24, 2.45) is 0 Å². The van der Waals surface area contributed by atoms with Crippen LogP contribution in [0.2, 0.25) is 0 Å². The molecule has 0 radical (unpaired) electrons. The smallest absolute Gasteiger partial charge is 0.481 e. The second-order valence-electron chi connectivity index (χ2n) is 2.44. The topological polar surface area (TPSA) is 83.8 Å². The number of hydrogen-bond acceptors (Lipinski definition) is 5. The highest BCUT2D eigenvalue weighted by molar-refractivity contribution is 6.36. The number of rotatable bonds is 3. The molecule has 14 heavy (non-hydrogen) atoms. The average Bonchev–Trinajstić information content (AvgIpc) is 2.16. The first kappa shape index (κ1) is 10.4. The Morgan fingerprint density at radius 2 is 2.00 bits per heavy atom. The quantitative estimate of drug-likeness (QED) is 0.506. The van der Waals surface area contributed by atoms with Gasteiger partial charge < -0.3 is 14.7 Å². The SMILES string of the molecule is O=Cc1ccccc1C(=O)OB(O)O. The maximum atomic E-state index is 11.1. The summed E-state index contributed by atoms with van der Waals surface area (Å²) in [5.41, 5.74) is 0.133. The van der Waals surface area contributed by atoms with E-state index in [1.54, 1.807) is 6.07 Å². The van der Waals surface area contributed by atoms with Crippen molar-refractivity contribution in [3.05, 3.63) is 35.4 Å². The van der Waals surface area contributed by atoms with Gasteiger partial charge in [0.25, 0.3) is 0 Å². The molecule has 0 fully saturated rings. The predicted molar refractivity (Wildman–Crippen MR) is 47.4 cm³/mol. The zero-order chi connectivity index (χ0) is 10.6. The summed E-state index contributed by atoms with van der Waals surface area (Å²) in [5, 5.41) is 16.7. The van der Waals surface area contributed by atoms with Crippen molar-refractivity contribution in [2.75, 3.05) is 0 Å². The van der Waals surface area contributed by atoms with Crippen LogP contribution in [0.5, 0.6) is 0 Å². The maximum absolute atomic E-state index is 11.1. The van der Waals surface area contributed by atoms with Crippen molar-refractivity contribution in [2.45, 2.75) is 0 Å². The van der Waals surface area contributed by atoms with Crippen LogP contribution in [0.1, 0.15) is 20.7 Å². The van der Waals surface area contributed by atoms with Crippen LogP contribution in [0.4, 0.5) is 0 Å². The Hall–Kier alpha value is -1.66. The lowest BCUT2D eigenvalue weighted by Crippen LogP contribution is -2.22. The second-order valence-corrected chi connectivity index (χ2v) is 2.44. The summed E-state index contributed by atoms with van der Waals surface area (Å²) in [6, 6.07) is 5.89. The van der Waals surface area contributed by atoms with Crippen molar-refractivity contribution in [3.8, 4) is 0 Å². The Morgan fingerprint density at radius 3 is 2.57 bits per heavy atom. The zero-order valence-corrected chi connectivity index (χ0v) is 7.08. The van der Waals surface area contributed by atoms with Gasteiger partial charge in [-0.05, 0) is 6.07 Å². The van der Waals surface area contributed by atoms with Gasteiger partial charge in [-0.2, -0.15) is 0 Å². The Labute approximate surface area is 80.1 Å². The molecule has 0 saturated heterocycles. The standard InChI is InChI=1S/C8H7BO5/c10-5-6-3-1-2-4-7(6)8(11)14-9(12)13/h1-5,12-13H. The van der Waals surface area contributed by atoms with Crippen molar-refractivity contribution in [3.63, 3.8) is 0 Å². The largest absolute Gasteiger partial charge is 0.709 e. The van der Waals surface area contributed by atoms with Crippen molar-refractivity contribution in [1.82, 2.24) is 0 Å². The lowest BCUT2D eigenvalue weighted by atomic mass is 10.1. The molecule has 0 aromatic heterocycles. The van der Waals surface area contributed by atoms with Crippen LogP contribution in [0.3, 0.4) is 0 Å². The average molecular weight is 194 g/mol. The third kappa shape index (κ3) is 2.41. The van der Waals surface area contributed by atoms with E-state index in [0.717, 1.165) is 0 Å². The molecule has 0 bridgehead atoms. The summed E-state index contributed by atoms with van der Waals surface area (Å²) in [5.74, 6) is -0.956. The Morgan fingerprint density at radius 1 is 1.36 bits per heavy atom. The molecule has 1 aromatic rings. The lowest BCUT2D eigenvalue weighted by molar-refractivity contribution is 0.0646. The van der Waals surface area contributed by atoms with Gasteiger partial charge >= 0.3 is 13.3 Å². The van der Waals surface area contributed by atoms with Crippen LogP contribution in [0.25, 0.3) is 0 Å². The molecule has 0 saturated carbocycles. The first-order chi connectivity index (χ1) is 6.65. The molecular formula is C8H7BO5. The molecule has 5 nitrogen and oxygen atoms in total. The van der Waals surface area contributed by atoms with E-state index in [9.17, 15) is 9.59 Å². The van der Waals surface area contributed by atoms with E-state index in [4.69, 9.17) is 10.0 Å². The van der Waals surface area contributed by atoms with E-state index >= 15 is 0 Å². The van der Waals surface area contributed by atoms with Crippen LogP contribution in [-0.2, 0) is 4.65 Å². The molecule has 0 aliphatic heterocycles. The molecule has 0 atom stereocenters. The Balaban J connectivity index is 2.94. The number of benzene rings is 1. The van der Waals surface area contributed by atoms with Crippen molar-refractivity contribution >= 4 is 19.6 Å². The molecule has 0 unspecified atom stereocenters. The van der Waals surface area contributed by atoms with Gasteiger partial charge in [0.2, 0.25) is 0 Å². The second kappa shape index (κ2) is 4.54. The van der Waals surface area contributed by atoms with Gasteiger partial charge in [0, 0.05) is 5.56 Å². The molecule has 0 aliphatic rings. The predicted octanol–water partition coefficient (Wildman–Crippen LogP) is -0.375. The molecular weight excluding hydrogens is 187 g/mol. The third-order valence-corrected chi connectivity index (χ3v) is 1.52. The third-order valence-electron chi connectivity index (χ3n) is 1.52.